The molecule has 1 aromatic carbocycles. The van der Waals surface area contributed by atoms with Crippen LogP contribution in [-0.2, 0) is 9.53 Å². The van der Waals surface area contributed by atoms with Gasteiger partial charge in [0.05, 0.1) is 17.3 Å². The molecule has 0 atom stereocenters. The number of aryl methyl sites for hydroxylation is 1. The smallest absolute Gasteiger partial charge is 0.350 e. The van der Waals surface area contributed by atoms with Gasteiger partial charge in [0.1, 0.15) is 4.88 Å². The number of rotatable bonds is 7. The molecule has 1 N–H and O–H groups in total. The topological polar surface area (TPSA) is 98.5 Å². The van der Waals surface area contributed by atoms with Gasteiger partial charge in [-0.05, 0) is 44.4 Å². The minimum Gasteiger partial charge on any atom is -0.459 e. The Balaban J connectivity index is 1.38. The Kier molecular flexibility index (Phi) is 6.19. The van der Waals surface area contributed by atoms with Crippen LogP contribution < -0.4 is 5.32 Å². The maximum absolute atomic E-state index is 12.4. The first-order valence-corrected chi connectivity index (χ1v) is 11.6. The van der Waals surface area contributed by atoms with E-state index in [0.717, 1.165) is 33.0 Å². The van der Waals surface area contributed by atoms with Gasteiger partial charge in [-0.2, -0.15) is 0 Å². The zero-order valence-electron chi connectivity index (χ0n) is 17.3. The summed E-state index contributed by atoms with van der Waals surface area (Å²) in [7, 11) is 0. The van der Waals surface area contributed by atoms with E-state index in [0.29, 0.717) is 21.5 Å². The molecule has 0 bridgehead atoms. The normalized spacial score (nSPS) is 11.4. The van der Waals surface area contributed by atoms with Gasteiger partial charge in [-0.25, -0.2) is 9.78 Å². The first-order chi connectivity index (χ1) is 14.9. The van der Waals surface area contributed by atoms with E-state index in [1.54, 1.807) is 20.8 Å². The molecule has 0 radical (unpaired) electrons. The predicted octanol–water partition coefficient (Wildman–Crippen LogP) is 4.33. The lowest BCUT2D eigenvalue weighted by atomic mass is 10.2. The van der Waals surface area contributed by atoms with Gasteiger partial charge in [0.2, 0.25) is 5.91 Å². The molecule has 0 saturated heterocycles. The van der Waals surface area contributed by atoms with Gasteiger partial charge in [0.15, 0.2) is 15.9 Å². The van der Waals surface area contributed by atoms with Crippen molar-refractivity contribution in [3.63, 3.8) is 0 Å². The molecule has 10 heteroatoms. The van der Waals surface area contributed by atoms with Crippen molar-refractivity contribution in [3.05, 3.63) is 47.0 Å². The monoisotopic (exact) mass is 455 g/mol. The summed E-state index contributed by atoms with van der Waals surface area (Å²) in [5.74, 6) is -0.0710. The van der Waals surface area contributed by atoms with Gasteiger partial charge < -0.3 is 10.1 Å². The zero-order valence-corrected chi connectivity index (χ0v) is 18.9. The van der Waals surface area contributed by atoms with Crippen LogP contribution in [-0.4, -0.2) is 43.3 Å². The molecule has 0 saturated carbocycles. The number of para-hydroxylation sites is 1. The maximum Gasteiger partial charge on any atom is 0.350 e. The summed E-state index contributed by atoms with van der Waals surface area (Å²) in [4.78, 5) is 29.1. The van der Waals surface area contributed by atoms with E-state index in [1.165, 1.54) is 11.8 Å². The molecule has 1 amide bonds. The Labute approximate surface area is 187 Å². The van der Waals surface area contributed by atoms with Crippen LogP contribution in [0.4, 0.5) is 5.13 Å². The fourth-order valence-corrected chi connectivity index (χ4v) is 4.78. The number of ether oxygens (including phenoxy) is 1. The van der Waals surface area contributed by atoms with Crippen molar-refractivity contribution in [2.75, 3.05) is 11.1 Å². The lowest BCUT2D eigenvalue weighted by Crippen LogP contribution is -2.12. The fraction of sp³-hybridized carbons (Fsp3) is 0.286. The molecule has 0 spiro atoms. The second-order valence-electron chi connectivity index (χ2n) is 7.10. The van der Waals surface area contributed by atoms with Crippen LogP contribution in [0.2, 0.25) is 0 Å². The quantitative estimate of drug-likeness (QED) is 0.327. The Morgan fingerprint density at radius 2 is 2.00 bits per heavy atom. The van der Waals surface area contributed by atoms with E-state index in [1.807, 2.05) is 40.8 Å². The molecule has 3 aromatic heterocycles. The van der Waals surface area contributed by atoms with Gasteiger partial charge in [-0.15, -0.1) is 10.2 Å². The van der Waals surface area contributed by atoms with E-state index in [9.17, 15) is 9.59 Å². The molecule has 3 heterocycles. The third-order valence-corrected chi connectivity index (χ3v) is 6.36. The number of amides is 1. The predicted molar refractivity (Wildman–Crippen MR) is 122 cm³/mol. The highest BCUT2D eigenvalue weighted by Gasteiger charge is 2.19. The van der Waals surface area contributed by atoms with Gasteiger partial charge in [0.25, 0.3) is 0 Å². The zero-order chi connectivity index (χ0) is 22.0. The van der Waals surface area contributed by atoms with Gasteiger partial charge in [-0.1, -0.05) is 41.3 Å². The number of carbonyl (C=O) groups excluding carboxylic acids is 2. The molecule has 0 aliphatic rings. The Bertz CT molecular complexity index is 1260. The molecule has 4 aromatic rings. The number of hydrogen-bond acceptors (Lipinski definition) is 8. The van der Waals surface area contributed by atoms with E-state index >= 15 is 0 Å². The molecule has 4 rings (SSSR count). The highest BCUT2D eigenvalue weighted by atomic mass is 32.2. The van der Waals surface area contributed by atoms with Gasteiger partial charge >= 0.3 is 5.97 Å². The van der Waals surface area contributed by atoms with Crippen LogP contribution in [0.5, 0.6) is 0 Å². The lowest BCUT2D eigenvalue weighted by Gasteiger charge is -2.05. The molecule has 0 aliphatic carbocycles. The number of esters is 1. The number of benzene rings is 1. The number of pyridine rings is 1. The number of carbonyl (C=O) groups is 2. The van der Waals surface area contributed by atoms with Crippen molar-refractivity contribution in [3.8, 4) is 0 Å². The fourth-order valence-electron chi connectivity index (χ4n) is 3.03. The standard InChI is InChI=1S/C21H21N5O3S2/c1-12(2)29-19(28)18-13(3)22-20(31-18)23-17(27)10-11-30-21-25-24-16-9-8-14-6-4-5-7-15(14)26(16)21/h4-9,12H,10-11H2,1-3H3,(H,22,23,27). The number of fused-ring (bicyclic) bond motifs is 3. The highest BCUT2D eigenvalue weighted by molar-refractivity contribution is 7.99. The highest BCUT2D eigenvalue weighted by Crippen LogP contribution is 2.25. The van der Waals surface area contributed by atoms with Gasteiger partial charge in [-0.3, -0.25) is 9.20 Å². The average molecular weight is 456 g/mol. The van der Waals surface area contributed by atoms with Crippen LogP contribution in [0.15, 0.2) is 41.6 Å². The van der Waals surface area contributed by atoms with Crippen molar-refractivity contribution in [2.45, 2.75) is 38.5 Å². The molecular formula is C21H21N5O3S2. The molecule has 160 valence electrons. The summed E-state index contributed by atoms with van der Waals surface area (Å²) >= 11 is 2.59. The number of nitrogens with one attached hydrogen (secondary N) is 1. The molecule has 0 fully saturated rings. The molecule has 31 heavy (non-hydrogen) atoms. The van der Waals surface area contributed by atoms with E-state index < -0.39 is 5.97 Å². The summed E-state index contributed by atoms with van der Waals surface area (Å²) in [6.07, 6.45) is 0.0591. The van der Waals surface area contributed by atoms with Gasteiger partial charge in [0, 0.05) is 12.2 Å². The van der Waals surface area contributed by atoms with Crippen molar-refractivity contribution in [1.82, 2.24) is 19.6 Å². The van der Waals surface area contributed by atoms with Crippen molar-refractivity contribution >= 4 is 56.7 Å². The Hall–Kier alpha value is -2.98. The number of hydrogen-bond donors (Lipinski definition) is 1. The van der Waals surface area contributed by atoms with E-state index in [-0.39, 0.29) is 18.4 Å². The SMILES string of the molecule is Cc1nc(NC(=O)CCSc2nnc3ccc4ccccc4n23)sc1C(=O)OC(C)C. The van der Waals surface area contributed by atoms with Crippen LogP contribution in [0.1, 0.15) is 35.6 Å². The summed E-state index contributed by atoms with van der Waals surface area (Å²) in [6.45, 7) is 5.30. The van der Waals surface area contributed by atoms with Crippen molar-refractivity contribution in [1.29, 1.82) is 0 Å². The first kappa shape index (κ1) is 21.3. The Morgan fingerprint density at radius 1 is 1.19 bits per heavy atom. The number of thiazole rings is 1. The third-order valence-electron chi connectivity index (χ3n) is 4.38. The summed E-state index contributed by atoms with van der Waals surface area (Å²) in [6, 6.07) is 12.0. The number of aromatic nitrogens is 4. The third kappa shape index (κ3) is 4.70. The lowest BCUT2D eigenvalue weighted by molar-refractivity contribution is -0.115. The number of anilines is 1. The minimum atomic E-state index is -0.424. The maximum atomic E-state index is 12.4. The summed E-state index contributed by atoms with van der Waals surface area (Å²) in [5, 5.41) is 13.5. The second kappa shape index (κ2) is 9.03. The Morgan fingerprint density at radius 3 is 2.81 bits per heavy atom. The van der Waals surface area contributed by atoms with Crippen LogP contribution in [0, 0.1) is 6.92 Å². The first-order valence-electron chi connectivity index (χ1n) is 9.76. The molecule has 8 nitrogen and oxygen atoms in total. The van der Waals surface area contributed by atoms with Crippen LogP contribution in [0.3, 0.4) is 0 Å². The summed E-state index contributed by atoms with van der Waals surface area (Å²) < 4.78 is 7.20. The molecular weight excluding hydrogens is 434 g/mol. The number of thioether (sulfide) groups is 1. The van der Waals surface area contributed by atoms with E-state index in [2.05, 4.69) is 20.5 Å². The van der Waals surface area contributed by atoms with Crippen LogP contribution >= 0.6 is 23.1 Å². The molecule has 0 aliphatic heterocycles. The second-order valence-corrected chi connectivity index (χ2v) is 9.16. The number of nitrogens with zero attached hydrogens (tertiary/aromatic N) is 4. The largest absolute Gasteiger partial charge is 0.459 e. The molecule has 0 unspecified atom stereocenters. The summed E-state index contributed by atoms with van der Waals surface area (Å²) in [5.41, 5.74) is 2.34. The van der Waals surface area contributed by atoms with E-state index in [4.69, 9.17) is 4.74 Å². The minimum absolute atomic E-state index is 0.177. The van der Waals surface area contributed by atoms with Crippen LogP contribution in [0.25, 0.3) is 16.6 Å². The van der Waals surface area contributed by atoms with Crippen molar-refractivity contribution < 1.29 is 14.3 Å². The average Bonchev–Trinajstić information content (AvgIpc) is 3.31. The van der Waals surface area contributed by atoms with Crippen molar-refractivity contribution in [2.24, 2.45) is 0 Å².